The Labute approximate surface area is 95.0 Å². The van der Waals surface area contributed by atoms with Crippen LogP contribution in [0.2, 0.25) is 0 Å². The Kier molecular flexibility index (Phi) is 2.83. The molecule has 0 amide bonds. The van der Waals surface area contributed by atoms with Crippen LogP contribution in [0.25, 0.3) is 0 Å². The molecule has 1 heterocycles. The van der Waals surface area contributed by atoms with E-state index in [-0.39, 0.29) is 18.4 Å². The van der Waals surface area contributed by atoms with Gasteiger partial charge in [0, 0.05) is 12.6 Å². The fourth-order valence-electron chi connectivity index (χ4n) is 1.94. The number of benzene rings is 1. The number of ketones is 1. The summed E-state index contributed by atoms with van der Waals surface area (Å²) in [5.74, 6) is 0.782. The van der Waals surface area contributed by atoms with Crippen LogP contribution in [0.4, 0.5) is 5.69 Å². The molecule has 1 atom stereocenters. The fourth-order valence-corrected chi connectivity index (χ4v) is 1.94. The number of rotatable bonds is 2. The standard InChI is InChI=1S/C12H16N2O2/c1-8-7-14(2)10-5-9(11(15)6-13)3-4-12(10)16-8/h3-5,8H,6-7,13H2,1-2H3. The molecule has 0 saturated heterocycles. The molecule has 2 N–H and O–H groups in total. The molecule has 2 rings (SSSR count). The van der Waals surface area contributed by atoms with E-state index in [0.29, 0.717) is 5.56 Å². The second-order valence-corrected chi connectivity index (χ2v) is 4.12. The van der Waals surface area contributed by atoms with Crippen LogP contribution in [0.1, 0.15) is 17.3 Å². The number of Topliss-reactive ketones (excluding diaryl/α,β-unsaturated/α-hetero) is 1. The van der Waals surface area contributed by atoms with Gasteiger partial charge in [-0.1, -0.05) is 0 Å². The first kappa shape index (κ1) is 11.0. The minimum atomic E-state index is -0.0465. The van der Waals surface area contributed by atoms with Crippen molar-refractivity contribution in [2.75, 3.05) is 25.0 Å². The summed E-state index contributed by atoms with van der Waals surface area (Å²) < 4.78 is 5.69. The average molecular weight is 220 g/mol. The number of likely N-dealkylation sites (N-methyl/N-ethyl adjacent to an activating group) is 1. The van der Waals surface area contributed by atoms with Crippen molar-refractivity contribution in [3.8, 4) is 5.75 Å². The van der Waals surface area contributed by atoms with Crippen LogP contribution in [-0.4, -0.2) is 32.0 Å². The van der Waals surface area contributed by atoms with E-state index in [1.807, 2.05) is 26.1 Å². The Hall–Kier alpha value is -1.55. The zero-order chi connectivity index (χ0) is 11.7. The van der Waals surface area contributed by atoms with E-state index in [0.717, 1.165) is 18.0 Å². The van der Waals surface area contributed by atoms with Crippen LogP contribution in [0.5, 0.6) is 5.75 Å². The van der Waals surface area contributed by atoms with E-state index in [2.05, 4.69) is 4.90 Å². The van der Waals surface area contributed by atoms with Crippen LogP contribution >= 0.6 is 0 Å². The topological polar surface area (TPSA) is 55.6 Å². The third-order valence-electron chi connectivity index (χ3n) is 2.74. The molecule has 0 fully saturated rings. The molecule has 0 aliphatic carbocycles. The summed E-state index contributed by atoms with van der Waals surface area (Å²) in [4.78, 5) is 13.6. The Morgan fingerprint density at radius 2 is 2.38 bits per heavy atom. The number of nitrogens with two attached hydrogens (primary N) is 1. The summed E-state index contributed by atoms with van der Waals surface area (Å²) in [5.41, 5.74) is 6.94. The van der Waals surface area contributed by atoms with Gasteiger partial charge in [0.15, 0.2) is 5.78 Å². The molecule has 16 heavy (non-hydrogen) atoms. The minimum Gasteiger partial charge on any atom is -0.487 e. The Morgan fingerprint density at radius 3 is 3.06 bits per heavy atom. The molecule has 4 nitrogen and oxygen atoms in total. The van der Waals surface area contributed by atoms with Gasteiger partial charge in [-0.2, -0.15) is 0 Å². The number of ether oxygens (including phenoxy) is 1. The highest BCUT2D eigenvalue weighted by atomic mass is 16.5. The number of carbonyl (C=O) groups excluding carboxylic acids is 1. The third-order valence-corrected chi connectivity index (χ3v) is 2.74. The quantitative estimate of drug-likeness (QED) is 0.757. The fraction of sp³-hybridized carbons (Fsp3) is 0.417. The van der Waals surface area contributed by atoms with Crippen molar-refractivity contribution in [3.63, 3.8) is 0 Å². The molecule has 1 aliphatic heterocycles. The van der Waals surface area contributed by atoms with Gasteiger partial charge in [-0.25, -0.2) is 0 Å². The first-order valence-corrected chi connectivity index (χ1v) is 5.37. The molecule has 0 spiro atoms. The molecule has 1 aromatic rings. The highest BCUT2D eigenvalue weighted by Crippen LogP contribution is 2.33. The van der Waals surface area contributed by atoms with E-state index in [1.54, 1.807) is 6.07 Å². The van der Waals surface area contributed by atoms with Crippen LogP contribution < -0.4 is 15.4 Å². The van der Waals surface area contributed by atoms with E-state index in [9.17, 15) is 4.79 Å². The summed E-state index contributed by atoms with van der Waals surface area (Å²) in [6, 6.07) is 5.45. The van der Waals surface area contributed by atoms with Crippen LogP contribution in [0.15, 0.2) is 18.2 Å². The Balaban J connectivity index is 2.38. The highest BCUT2D eigenvalue weighted by Gasteiger charge is 2.21. The molecule has 0 radical (unpaired) electrons. The summed E-state index contributed by atoms with van der Waals surface area (Å²) in [5, 5.41) is 0. The lowest BCUT2D eigenvalue weighted by atomic mass is 10.1. The molecule has 4 heteroatoms. The van der Waals surface area contributed by atoms with Gasteiger partial charge < -0.3 is 15.4 Å². The molecule has 0 bridgehead atoms. The number of hydrogen-bond acceptors (Lipinski definition) is 4. The first-order valence-electron chi connectivity index (χ1n) is 5.37. The highest BCUT2D eigenvalue weighted by molar-refractivity contribution is 5.98. The number of carbonyl (C=O) groups is 1. The number of anilines is 1. The van der Waals surface area contributed by atoms with Gasteiger partial charge in [0.25, 0.3) is 0 Å². The predicted octanol–water partition coefficient (Wildman–Crippen LogP) is 1.05. The first-order chi connectivity index (χ1) is 7.61. The molecular formula is C12H16N2O2. The maximum Gasteiger partial charge on any atom is 0.176 e. The molecule has 86 valence electrons. The monoisotopic (exact) mass is 220 g/mol. The largest absolute Gasteiger partial charge is 0.487 e. The Morgan fingerprint density at radius 1 is 1.62 bits per heavy atom. The predicted molar refractivity (Wildman–Crippen MR) is 63.2 cm³/mol. The van der Waals surface area contributed by atoms with E-state index < -0.39 is 0 Å². The normalized spacial score (nSPS) is 18.9. The zero-order valence-electron chi connectivity index (χ0n) is 9.56. The Bertz CT molecular complexity index is 417. The van der Waals surface area contributed by atoms with Crippen molar-refractivity contribution < 1.29 is 9.53 Å². The van der Waals surface area contributed by atoms with Crippen molar-refractivity contribution >= 4 is 11.5 Å². The number of fused-ring (bicyclic) bond motifs is 1. The van der Waals surface area contributed by atoms with Gasteiger partial charge in [0.1, 0.15) is 11.9 Å². The molecule has 1 aromatic carbocycles. The van der Waals surface area contributed by atoms with Gasteiger partial charge in [0.05, 0.1) is 18.8 Å². The number of nitrogens with zero attached hydrogens (tertiary/aromatic N) is 1. The van der Waals surface area contributed by atoms with Crippen molar-refractivity contribution in [1.29, 1.82) is 0 Å². The van der Waals surface area contributed by atoms with Gasteiger partial charge in [-0.15, -0.1) is 0 Å². The average Bonchev–Trinajstić information content (AvgIpc) is 2.27. The SMILES string of the molecule is CC1CN(C)c2cc(C(=O)CN)ccc2O1. The van der Waals surface area contributed by atoms with Gasteiger partial charge in [-0.3, -0.25) is 4.79 Å². The second-order valence-electron chi connectivity index (χ2n) is 4.12. The molecule has 1 unspecified atom stereocenters. The van der Waals surface area contributed by atoms with E-state index in [4.69, 9.17) is 10.5 Å². The van der Waals surface area contributed by atoms with E-state index >= 15 is 0 Å². The van der Waals surface area contributed by atoms with Crippen LogP contribution in [-0.2, 0) is 0 Å². The summed E-state index contributed by atoms with van der Waals surface area (Å²) in [7, 11) is 1.99. The van der Waals surface area contributed by atoms with Gasteiger partial charge >= 0.3 is 0 Å². The maximum absolute atomic E-state index is 11.5. The lowest BCUT2D eigenvalue weighted by molar-refractivity contribution is 0.100. The molecule has 0 aromatic heterocycles. The second kappa shape index (κ2) is 4.14. The summed E-state index contributed by atoms with van der Waals surface area (Å²) >= 11 is 0. The van der Waals surface area contributed by atoms with Gasteiger partial charge in [0.2, 0.25) is 0 Å². The van der Waals surface area contributed by atoms with Crippen molar-refractivity contribution in [1.82, 2.24) is 0 Å². The van der Waals surface area contributed by atoms with Crippen molar-refractivity contribution in [3.05, 3.63) is 23.8 Å². The maximum atomic E-state index is 11.5. The zero-order valence-corrected chi connectivity index (χ0v) is 9.56. The smallest absolute Gasteiger partial charge is 0.176 e. The minimum absolute atomic E-state index is 0.0414. The molecular weight excluding hydrogens is 204 g/mol. The summed E-state index contributed by atoms with van der Waals surface area (Å²) in [6.45, 7) is 2.89. The van der Waals surface area contributed by atoms with E-state index in [1.165, 1.54) is 0 Å². The van der Waals surface area contributed by atoms with Crippen LogP contribution in [0.3, 0.4) is 0 Å². The lowest BCUT2D eigenvalue weighted by Gasteiger charge is -2.32. The molecule has 1 aliphatic rings. The van der Waals surface area contributed by atoms with Crippen LogP contribution in [0, 0.1) is 0 Å². The third kappa shape index (κ3) is 1.88. The number of hydrogen-bond donors (Lipinski definition) is 1. The van der Waals surface area contributed by atoms with Crippen molar-refractivity contribution in [2.24, 2.45) is 5.73 Å². The van der Waals surface area contributed by atoms with Crippen molar-refractivity contribution in [2.45, 2.75) is 13.0 Å². The van der Waals surface area contributed by atoms with Gasteiger partial charge in [-0.05, 0) is 25.1 Å². The molecule has 0 saturated carbocycles. The lowest BCUT2D eigenvalue weighted by Crippen LogP contribution is -2.35. The summed E-state index contributed by atoms with van der Waals surface area (Å²) in [6.07, 6.45) is 0.175.